The van der Waals surface area contributed by atoms with Crippen LogP contribution < -0.4 is 5.73 Å². The highest BCUT2D eigenvalue weighted by atomic mass is 19.4. The van der Waals surface area contributed by atoms with Crippen molar-refractivity contribution < 1.29 is 27.9 Å². The Kier molecular flexibility index (Phi) is 4.96. The number of hydrogen-bond acceptors (Lipinski definition) is 3. The number of halogens is 3. The average molecular weight is 240 g/mol. The van der Waals surface area contributed by atoms with Crippen LogP contribution in [0.5, 0.6) is 0 Å². The fraction of sp³-hybridized carbons (Fsp3) is 0.500. The largest absolute Gasteiger partial charge is 0.480 e. The van der Waals surface area contributed by atoms with Crippen LogP contribution in [0.2, 0.25) is 0 Å². The topological polar surface area (TPSA) is 83.6 Å². The first-order valence-corrected chi connectivity index (χ1v) is 4.15. The minimum atomic E-state index is -5.05. The summed E-state index contributed by atoms with van der Waals surface area (Å²) in [6, 6.07) is -1.56. The fourth-order valence-corrected chi connectivity index (χ4v) is 0.891. The SMILES string of the molecule is C=CCN(C[C@H](N)C(=O)O)C(=O)C(F)(F)F. The molecule has 0 heterocycles. The maximum atomic E-state index is 12.1. The Morgan fingerprint density at radius 2 is 2.00 bits per heavy atom. The summed E-state index contributed by atoms with van der Waals surface area (Å²) in [5.74, 6) is -3.62. The number of hydrogen-bond donors (Lipinski definition) is 2. The summed E-state index contributed by atoms with van der Waals surface area (Å²) >= 11 is 0. The molecule has 0 fully saturated rings. The predicted octanol–water partition coefficient (Wildman–Crippen LogP) is -0.0248. The number of carbonyl (C=O) groups is 2. The van der Waals surface area contributed by atoms with E-state index < -0.39 is 37.2 Å². The zero-order valence-corrected chi connectivity index (χ0v) is 8.20. The van der Waals surface area contributed by atoms with Crippen molar-refractivity contribution in [1.82, 2.24) is 4.90 Å². The van der Waals surface area contributed by atoms with Crippen LogP contribution in [0, 0.1) is 0 Å². The van der Waals surface area contributed by atoms with Gasteiger partial charge >= 0.3 is 18.1 Å². The summed E-state index contributed by atoms with van der Waals surface area (Å²) < 4.78 is 36.2. The molecule has 0 spiro atoms. The van der Waals surface area contributed by atoms with Crippen molar-refractivity contribution >= 4 is 11.9 Å². The minimum absolute atomic E-state index is 0.284. The van der Waals surface area contributed by atoms with Crippen molar-refractivity contribution in [3.63, 3.8) is 0 Å². The van der Waals surface area contributed by atoms with Crippen molar-refractivity contribution in [1.29, 1.82) is 0 Å². The van der Waals surface area contributed by atoms with Crippen LogP contribution in [0.4, 0.5) is 13.2 Å². The lowest BCUT2D eigenvalue weighted by atomic mass is 10.3. The molecular weight excluding hydrogens is 229 g/mol. The van der Waals surface area contributed by atoms with Gasteiger partial charge in [-0.1, -0.05) is 6.08 Å². The first kappa shape index (κ1) is 14.4. The number of amides is 1. The maximum Gasteiger partial charge on any atom is 0.471 e. The summed E-state index contributed by atoms with van der Waals surface area (Å²) in [6.07, 6.45) is -4.00. The lowest BCUT2D eigenvalue weighted by molar-refractivity contribution is -0.185. The first-order chi connectivity index (χ1) is 7.20. The summed E-state index contributed by atoms with van der Waals surface area (Å²) in [5.41, 5.74) is 5.03. The Balaban J connectivity index is 4.68. The first-order valence-electron chi connectivity index (χ1n) is 4.15. The molecule has 1 atom stereocenters. The van der Waals surface area contributed by atoms with Crippen molar-refractivity contribution in [2.75, 3.05) is 13.1 Å². The van der Waals surface area contributed by atoms with E-state index in [1.807, 2.05) is 0 Å². The normalized spacial score (nSPS) is 13.0. The Morgan fingerprint density at radius 1 is 1.50 bits per heavy atom. The van der Waals surface area contributed by atoms with Crippen LogP contribution in [-0.2, 0) is 9.59 Å². The van der Waals surface area contributed by atoms with E-state index in [-0.39, 0.29) is 4.90 Å². The van der Waals surface area contributed by atoms with Crippen molar-refractivity contribution in [3.8, 4) is 0 Å². The summed E-state index contributed by atoms with van der Waals surface area (Å²) in [5, 5.41) is 8.41. The number of aliphatic carboxylic acids is 1. The Labute approximate surface area is 89.3 Å². The number of nitrogens with two attached hydrogens (primary N) is 1. The summed E-state index contributed by atoms with van der Waals surface area (Å²) in [4.78, 5) is 21.4. The van der Waals surface area contributed by atoms with E-state index in [0.717, 1.165) is 6.08 Å². The Morgan fingerprint density at radius 3 is 2.31 bits per heavy atom. The highest BCUT2D eigenvalue weighted by molar-refractivity contribution is 5.83. The molecule has 8 heteroatoms. The van der Waals surface area contributed by atoms with Crippen LogP contribution >= 0.6 is 0 Å². The van der Waals surface area contributed by atoms with Crippen LogP contribution in [0.3, 0.4) is 0 Å². The molecule has 0 bridgehead atoms. The van der Waals surface area contributed by atoms with E-state index in [1.54, 1.807) is 0 Å². The van der Waals surface area contributed by atoms with E-state index in [4.69, 9.17) is 10.8 Å². The molecule has 0 aromatic heterocycles. The van der Waals surface area contributed by atoms with Gasteiger partial charge in [0.05, 0.1) is 0 Å². The molecule has 0 saturated heterocycles. The van der Waals surface area contributed by atoms with E-state index in [1.165, 1.54) is 0 Å². The molecule has 0 saturated carbocycles. The van der Waals surface area contributed by atoms with E-state index in [2.05, 4.69) is 6.58 Å². The van der Waals surface area contributed by atoms with E-state index in [0.29, 0.717) is 0 Å². The molecule has 3 N–H and O–H groups in total. The molecule has 0 rings (SSSR count). The van der Waals surface area contributed by atoms with Crippen molar-refractivity contribution in [2.45, 2.75) is 12.2 Å². The smallest absolute Gasteiger partial charge is 0.471 e. The van der Waals surface area contributed by atoms with Crippen LogP contribution in [0.1, 0.15) is 0 Å². The zero-order valence-electron chi connectivity index (χ0n) is 8.20. The molecule has 5 nitrogen and oxygen atoms in total. The molecule has 1 amide bonds. The van der Waals surface area contributed by atoms with Gasteiger partial charge in [-0.25, -0.2) is 0 Å². The third kappa shape index (κ3) is 4.30. The molecule has 0 aromatic carbocycles. The quantitative estimate of drug-likeness (QED) is 0.661. The summed E-state index contributed by atoms with van der Waals surface area (Å²) in [7, 11) is 0. The van der Waals surface area contributed by atoms with Gasteiger partial charge in [-0.15, -0.1) is 6.58 Å². The number of alkyl halides is 3. The predicted molar refractivity (Wildman–Crippen MR) is 48.4 cm³/mol. The van der Waals surface area contributed by atoms with Gasteiger partial charge in [0.1, 0.15) is 6.04 Å². The second-order valence-corrected chi connectivity index (χ2v) is 2.94. The Hall–Kier alpha value is -1.57. The molecule has 0 aliphatic heterocycles. The Bertz CT molecular complexity index is 291. The number of carboxylic acid groups (broad SMARTS) is 1. The van der Waals surface area contributed by atoms with Gasteiger partial charge < -0.3 is 15.7 Å². The zero-order chi connectivity index (χ0) is 12.9. The van der Waals surface area contributed by atoms with Crippen molar-refractivity contribution in [2.24, 2.45) is 5.73 Å². The lowest BCUT2D eigenvalue weighted by Gasteiger charge is -2.23. The van der Waals surface area contributed by atoms with Gasteiger partial charge in [0.25, 0.3) is 0 Å². The minimum Gasteiger partial charge on any atom is -0.480 e. The molecular formula is C8H11F3N2O3. The van der Waals surface area contributed by atoms with Gasteiger partial charge in [-0.05, 0) is 0 Å². The summed E-state index contributed by atoms with van der Waals surface area (Å²) in [6.45, 7) is 2.03. The second kappa shape index (κ2) is 5.50. The number of rotatable bonds is 5. The van der Waals surface area contributed by atoms with Crippen LogP contribution in [0.25, 0.3) is 0 Å². The maximum absolute atomic E-state index is 12.1. The van der Waals surface area contributed by atoms with Crippen LogP contribution in [-0.4, -0.2) is 47.2 Å². The molecule has 0 aromatic rings. The number of nitrogens with zero attached hydrogens (tertiary/aromatic N) is 1. The number of carboxylic acids is 1. The molecule has 16 heavy (non-hydrogen) atoms. The molecule has 0 aliphatic rings. The van der Waals surface area contributed by atoms with Gasteiger partial charge in [0.15, 0.2) is 0 Å². The third-order valence-corrected chi connectivity index (χ3v) is 1.61. The average Bonchev–Trinajstić information content (AvgIpc) is 2.14. The fourth-order valence-electron chi connectivity index (χ4n) is 0.891. The van der Waals surface area contributed by atoms with E-state index in [9.17, 15) is 22.8 Å². The molecule has 0 radical (unpaired) electrons. The van der Waals surface area contributed by atoms with Gasteiger partial charge in [-0.3, -0.25) is 9.59 Å². The third-order valence-electron chi connectivity index (χ3n) is 1.61. The highest BCUT2D eigenvalue weighted by Gasteiger charge is 2.42. The van der Waals surface area contributed by atoms with Crippen molar-refractivity contribution in [3.05, 3.63) is 12.7 Å². The lowest BCUT2D eigenvalue weighted by Crippen LogP contribution is -2.49. The van der Waals surface area contributed by atoms with Crippen LogP contribution in [0.15, 0.2) is 12.7 Å². The van der Waals surface area contributed by atoms with Gasteiger partial charge in [0, 0.05) is 13.1 Å². The number of carbonyl (C=O) groups excluding carboxylic acids is 1. The highest BCUT2D eigenvalue weighted by Crippen LogP contribution is 2.18. The van der Waals surface area contributed by atoms with Gasteiger partial charge in [-0.2, -0.15) is 13.2 Å². The molecule has 0 aliphatic carbocycles. The van der Waals surface area contributed by atoms with E-state index >= 15 is 0 Å². The van der Waals surface area contributed by atoms with Gasteiger partial charge in [0.2, 0.25) is 0 Å². The monoisotopic (exact) mass is 240 g/mol. The molecule has 92 valence electrons. The molecule has 0 unspecified atom stereocenters. The second-order valence-electron chi connectivity index (χ2n) is 2.94. The standard InChI is InChI=1S/C8H11F3N2O3/c1-2-3-13(4-5(12)6(14)15)7(16)8(9,10)11/h2,5H,1,3-4,12H2,(H,14,15)/t5-/m0/s1.